The fourth-order valence-corrected chi connectivity index (χ4v) is 5.58. The molecule has 1 amide bonds. The van der Waals surface area contributed by atoms with Crippen molar-refractivity contribution >= 4 is 16.7 Å². The van der Waals surface area contributed by atoms with Crippen LogP contribution < -0.4 is 0 Å². The molecule has 1 atom stereocenters. The smallest absolute Gasteiger partial charge is 0.228 e. The van der Waals surface area contributed by atoms with Gasteiger partial charge in [-0.25, -0.2) is 0 Å². The van der Waals surface area contributed by atoms with Gasteiger partial charge >= 0.3 is 0 Å². The Kier molecular flexibility index (Phi) is 7.45. The van der Waals surface area contributed by atoms with Crippen molar-refractivity contribution < 1.29 is 9.53 Å². The molecule has 35 heavy (non-hydrogen) atoms. The zero-order valence-corrected chi connectivity index (χ0v) is 20.9. The highest BCUT2D eigenvalue weighted by Gasteiger charge is 2.40. The number of likely N-dealkylation sites (tertiary alicyclic amines) is 1. The number of carbonyl (C=O) groups excluding carboxylic acids is 1. The Bertz CT molecular complexity index is 1120. The molecule has 0 N–H and O–H groups in total. The van der Waals surface area contributed by atoms with Crippen LogP contribution in [-0.4, -0.2) is 66.6 Å². The van der Waals surface area contributed by atoms with E-state index in [-0.39, 0.29) is 5.41 Å². The van der Waals surface area contributed by atoms with Gasteiger partial charge in [0.15, 0.2) is 0 Å². The Hall–Kier alpha value is -2.76. The number of hydrogen-bond acceptors (Lipinski definition) is 4. The van der Waals surface area contributed by atoms with E-state index in [0.717, 1.165) is 51.9 Å². The lowest BCUT2D eigenvalue weighted by atomic mass is 9.78. The van der Waals surface area contributed by atoms with Gasteiger partial charge in [-0.15, -0.1) is 0 Å². The van der Waals surface area contributed by atoms with Gasteiger partial charge in [-0.05, 0) is 67.4 Å². The number of ether oxygens (including phenoxy) is 1. The number of piperidine rings is 1. The molecule has 2 aliphatic heterocycles. The molecule has 3 aromatic rings. The number of nitrogens with zero attached hydrogens (tertiary/aromatic N) is 3. The van der Waals surface area contributed by atoms with Crippen molar-refractivity contribution in [3.63, 3.8) is 0 Å². The molecule has 2 fully saturated rings. The SMILES string of the molecule is CC1(C(=O)N2CCOCC(Cc3ccc4ccncc4c3)C2)CCN(CCc2ccccc2)CC1. The maximum atomic E-state index is 13.7. The van der Waals surface area contributed by atoms with Gasteiger partial charge in [-0.3, -0.25) is 9.78 Å². The van der Waals surface area contributed by atoms with Crippen LogP contribution in [0.15, 0.2) is 67.0 Å². The molecular weight excluding hydrogens is 434 g/mol. The van der Waals surface area contributed by atoms with Crippen LogP contribution in [0.2, 0.25) is 0 Å². The standard InChI is InChI=1S/C30H37N3O2/c1-30(11-15-32(16-12-30)14-10-24-5-3-2-4-6-24)29(34)33-17-18-35-23-26(22-33)19-25-7-8-27-9-13-31-21-28(27)20-25/h2-9,13,20-21,26H,10-12,14-19,22-23H2,1H3. The van der Waals surface area contributed by atoms with E-state index < -0.39 is 0 Å². The molecule has 2 aromatic carbocycles. The quantitative estimate of drug-likeness (QED) is 0.527. The molecular formula is C30H37N3O2. The Morgan fingerprint density at radius 1 is 1.03 bits per heavy atom. The van der Waals surface area contributed by atoms with Crippen molar-refractivity contribution in [2.24, 2.45) is 11.3 Å². The molecule has 0 spiro atoms. The molecule has 2 saturated heterocycles. The third-order valence-electron chi connectivity index (χ3n) is 7.89. The summed E-state index contributed by atoms with van der Waals surface area (Å²) in [7, 11) is 0. The molecule has 5 heteroatoms. The summed E-state index contributed by atoms with van der Waals surface area (Å²) in [5.41, 5.74) is 2.40. The van der Waals surface area contributed by atoms with E-state index in [4.69, 9.17) is 4.74 Å². The summed E-state index contributed by atoms with van der Waals surface area (Å²) in [5.74, 6) is 0.628. The summed E-state index contributed by atoms with van der Waals surface area (Å²) < 4.78 is 5.94. The van der Waals surface area contributed by atoms with E-state index in [2.05, 4.69) is 70.2 Å². The van der Waals surface area contributed by atoms with Crippen molar-refractivity contribution in [2.75, 3.05) is 45.9 Å². The number of hydrogen-bond donors (Lipinski definition) is 0. The van der Waals surface area contributed by atoms with E-state index in [1.165, 1.54) is 21.9 Å². The van der Waals surface area contributed by atoms with Crippen LogP contribution in [0.4, 0.5) is 0 Å². The Morgan fingerprint density at radius 3 is 2.69 bits per heavy atom. The van der Waals surface area contributed by atoms with Gasteiger partial charge in [0.25, 0.3) is 0 Å². The van der Waals surface area contributed by atoms with Crippen molar-refractivity contribution in [1.82, 2.24) is 14.8 Å². The molecule has 0 radical (unpaired) electrons. The molecule has 1 aromatic heterocycles. The number of pyridine rings is 1. The number of rotatable bonds is 6. The highest BCUT2D eigenvalue weighted by atomic mass is 16.5. The van der Waals surface area contributed by atoms with Gasteiger partial charge in [0.05, 0.1) is 13.2 Å². The van der Waals surface area contributed by atoms with Crippen LogP contribution in [-0.2, 0) is 22.4 Å². The predicted octanol–water partition coefficient (Wildman–Crippen LogP) is 4.60. The lowest BCUT2D eigenvalue weighted by molar-refractivity contribution is -0.144. The van der Waals surface area contributed by atoms with Crippen molar-refractivity contribution in [1.29, 1.82) is 0 Å². The number of carbonyl (C=O) groups is 1. The first-order chi connectivity index (χ1) is 17.1. The van der Waals surface area contributed by atoms with E-state index >= 15 is 0 Å². The Labute approximate surface area is 209 Å². The summed E-state index contributed by atoms with van der Waals surface area (Å²) in [6.45, 7) is 8.04. The van der Waals surface area contributed by atoms with Crippen molar-refractivity contribution in [3.8, 4) is 0 Å². The first-order valence-corrected chi connectivity index (χ1v) is 13.1. The van der Waals surface area contributed by atoms with Gasteiger partial charge in [-0.1, -0.05) is 49.4 Å². The monoisotopic (exact) mass is 471 g/mol. The van der Waals surface area contributed by atoms with Gasteiger partial charge in [0.2, 0.25) is 5.91 Å². The molecule has 0 bridgehead atoms. The molecule has 0 saturated carbocycles. The topological polar surface area (TPSA) is 45.7 Å². The third-order valence-corrected chi connectivity index (χ3v) is 7.89. The van der Waals surface area contributed by atoms with E-state index in [1.54, 1.807) is 0 Å². The fourth-order valence-electron chi connectivity index (χ4n) is 5.58. The van der Waals surface area contributed by atoms with Crippen LogP contribution in [0.3, 0.4) is 0 Å². The molecule has 3 heterocycles. The van der Waals surface area contributed by atoms with Gasteiger partial charge in [-0.2, -0.15) is 0 Å². The summed E-state index contributed by atoms with van der Waals surface area (Å²) in [6.07, 6.45) is 7.60. The zero-order valence-electron chi connectivity index (χ0n) is 20.9. The van der Waals surface area contributed by atoms with E-state index in [0.29, 0.717) is 31.6 Å². The highest BCUT2D eigenvalue weighted by Crippen LogP contribution is 2.34. The second-order valence-corrected chi connectivity index (χ2v) is 10.6. The number of aromatic nitrogens is 1. The van der Waals surface area contributed by atoms with Crippen LogP contribution in [0.5, 0.6) is 0 Å². The third kappa shape index (κ3) is 5.91. The minimum absolute atomic E-state index is 0.271. The molecule has 1 unspecified atom stereocenters. The van der Waals surface area contributed by atoms with E-state index in [9.17, 15) is 4.79 Å². The summed E-state index contributed by atoms with van der Waals surface area (Å²) in [5, 5.41) is 2.37. The van der Waals surface area contributed by atoms with Crippen molar-refractivity contribution in [2.45, 2.75) is 32.6 Å². The largest absolute Gasteiger partial charge is 0.379 e. The molecule has 0 aliphatic carbocycles. The summed E-state index contributed by atoms with van der Waals surface area (Å²) >= 11 is 0. The maximum Gasteiger partial charge on any atom is 0.228 e. The van der Waals surface area contributed by atoms with Crippen LogP contribution >= 0.6 is 0 Å². The minimum atomic E-state index is -0.271. The fraction of sp³-hybridized carbons (Fsp3) is 0.467. The van der Waals surface area contributed by atoms with Crippen LogP contribution in [0, 0.1) is 11.3 Å². The first-order valence-electron chi connectivity index (χ1n) is 13.1. The van der Waals surface area contributed by atoms with Gasteiger partial charge < -0.3 is 14.5 Å². The average Bonchev–Trinajstić information content (AvgIpc) is 3.14. The first kappa shape index (κ1) is 24.0. The van der Waals surface area contributed by atoms with Crippen molar-refractivity contribution in [3.05, 3.63) is 78.1 Å². The number of benzene rings is 2. The Morgan fingerprint density at radius 2 is 1.86 bits per heavy atom. The lowest BCUT2D eigenvalue weighted by Gasteiger charge is -2.41. The second-order valence-electron chi connectivity index (χ2n) is 10.6. The van der Waals surface area contributed by atoms with Crippen LogP contribution in [0.1, 0.15) is 30.9 Å². The molecule has 184 valence electrons. The van der Waals surface area contributed by atoms with E-state index in [1.807, 2.05) is 18.5 Å². The molecule has 2 aliphatic rings. The average molecular weight is 472 g/mol. The molecule has 5 nitrogen and oxygen atoms in total. The normalized spacial score (nSPS) is 21.1. The van der Waals surface area contributed by atoms with Crippen LogP contribution in [0.25, 0.3) is 10.8 Å². The second kappa shape index (κ2) is 10.9. The highest BCUT2D eigenvalue weighted by molar-refractivity contribution is 5.83. The van der Waals surface area contributed by atoms with Gasteiger partial charge in [0, 0.05) is 48.7 Å². The zero-order chi connectivity index (χ0) is 24.1. The number of amides is 1. The maximum absolute atomic E-state index is 13.7. The molecule has 5 rings (SSSR count). The Balaban J connectivity index is 1.17. The lowest BCUT2D eigenvalue weighted by Crippen LogP contribution is -2.50. The summed E-state index contributed by atoms with van der Waals surface area (Å²) in [6, 6.07) is 19.3. The van der Waals surface area contributed by atoms with Gasteiger partial charge in [0.1, 0.15) is 0 Å². The number of fused-ring (bicyclic) bond motifs is 1. The minimum Gasteiger partial charge on any atom is -0.379 e. The summed E-state index contributed by atoms with van der Waals surface area (Å²) in [4.78, 5) is 22.6. The predicted molar refractivity (Wildman–Crippen MR) is 140 cm³/mol.